The third kappa shape index (κ3) is 5.80. The van der Waals surface area contributed by atoms with Gasteiger partial charge in [0, 0.05) is 13.7 Å². The van der Waals surface area contributed by atoms with Crippen molar-refractivity contribution in [1.82, 2.24) is 10.6 Å². The van der Waals surface area contributed by atoms with Crippen LogP contribution in [0.3, 0.4) is 0 Å². The molecule has 1 heterocycles. The Labute approximate surface area is 110 Å². The van der Waals surface area contributed by atoms with E-state index < -0.39 is 0 Å². The minimum atomic E-state index is -0.0253. The number of amides is 1. The number of ether oxygens (including phenoxy) is 2. The highest BCUT2D eigenvalue weighted by molar-refractivity contribution is 5.81. The fraction of sp³-hybridized carbons (Fsp3) is 0.923. The lowest BCUT2D eigenvalue weighted by Crippen LogP contribution is -2.49. The second-order valence-corrected chi connectivity index (χ2v) is 4.70. The van der Waals surface area contributed by atoms with Gasteiger partial charge in [-0.2, -0.15) is 0 Å². The molecule has 18 heavy (non-hydrogen) atoms. The first kappa shape index (κ1) is 15.4. The zero-order valence-electron chi connectivity index (χ0n) is 11.5. The van der Waals surface area contributed by atoms with Crippen LogP contribution in [0, 0.1) is 5.92 Å². The molecule has 1 aliphatic rings. The van der Waals surface area contributed by atoms with Crippen molar-refractivity contribution in [1.29, 1.82) is 0 Å². The zero-order chi connectivity index (χ0) is 13.2. The number of piperidine rings is 1. The normalized spacial score (nSPS) is 23.9. The second-order valence-electron chi connectivity index (χ2n) is 4.70. The monoisotopic (exact) mass is 258 g/mol. The molecular formula is C13H26N2O3. The van der Waals surface area contributed by atoms with Gasteiger partial charge in [0.05, 0.1) is 25.9 Å². The minimum absolute atomic E-state index is 0.0253. The van der Waals surface area contributed by atoms with E-state index in [4.69, 9.17) is 9.47 Å². The van der Waals surface area contributed by atoms with Gasteiger partial charge in [0.1, 0.15) is 0 Å². The predicted octanol–water partition coefficient (Wildman–Crippen LogP) is 0.544. The van der Waals surface area contributed by atoms with Crippen molar-refractivity contribution >= 4 is 5.91 Å². The molecule has 106 valence electrons. The molecule has 0 aromatic heterocycles. The van der Waals surface area contributed by atoms with Crippen molar-refractivity contribution in [2.75, 3.05) is 40.0 Å². The molecular weight excluding hydrogens is 232 g/mol. The molecule has 0 spiro atoms. The summed E-state index contributed by atoms with van der Waals surface area (Å²) < 4.78 is 10.2. The van der Waals surface area contributed by atoms with Crippen LogP contribution in [0.15, 0.2) is 0 Å². The van der Waals surface area contributed by atoms with Crippen LogP contribution in [0.2, 0.25) is 0 Å². The van der Waals surface area contributed by atoms with Crippen molar-refractivity contribution in [2.45, 2.75) is 32.2 Å². The first-order chi connectivity index (χ1) is 8.77. The highest BCUT2D eigenvalue weighted by Crippen LogP contribution is 2.19. The van der Waals surface area contributed by atoms with E-state index in [9.17, 15) is 4.79 Å². The van der Waals surface area contributed by atoms with Gasteiger partial charge in [0.25, 0.3) is 0 Å². The van der Waals surface area contributed by atoms with Crippen LogP contribution >= 0.6 is 0 Å². The van der Waals surface area contributed by atoms with E-state index in [0.717, 1.165) is 19.4 Å². The number of hydrogen-bond acceptors (Lipinski definition) is 4. The maximum absolute atomic E-state index is 11.9. The van der Waals surface area contributed by atoms with Crippen LogP contribution < -0.4 is 10.6 Å². The Kier molecular flexibility index (Phi) is 7.96. The van der Waals surface area contributed by atoms with Crippen LogP contribution in [0.5, 0.6) is 0 Å². The summed E-state index contributed by atoms with van der Waals surface area (Å²) >= 11 is 0. The molecule has 2 atom stereocenters. The van der Waals surface area contributed by atoms with E-state index in [0.29, 0.717) is 32.3 Å². The van der Waals surface area contributed by atoms with Gasteiger partial charge >= 0.3 is 0 Å². The van der Waals surface area contributed by atoms with Gasteiger partial charge in [-0.15, -0.1) is 0 Å². The molecule has 0 aliphatic carbocycles. The number of methoxy groups -OCH3 is 1. The molecule has 0 saturated carbocycles. The van der Waals surface area contributed by atoms with E-state index in [1.54, 1.807) is 7.11 Å². The number of carbonyl (C=O) groups is 1. The van der Waals surface area contributed by atoms with E-state index in [1.165, 1.54) is 6.42 Å². The SMILES string of the molecule is CCC1CCNC(C(=O)NCCOCCOC)C1. The largest absolute Gasteiger partial charge is 0.382 e. The molecule has 1 amide bonds. The molecule has 1 rings (SSSR count). The molecule has 0 aromatic rings. The van der Waals surface area contributed by atoms with Gasteiger partial charge in [-0.1, -0.05) is 13.3 Å². The van der Waals surface area contributed by atoms with Crippen LogP contribution in [0.4, 0.5) is 0 Å². The summed E-state index contributed by atoms with van der Waals surface area (Å²) in [7, 11) is 1.64. The topological polar surface area (TPSA) is 59.6 Å². The van der Waals surface area contributed by atoms with Crippen molar-refractivity contribution in [3.63, 3.8) is 0 Å². The number of carbonyl (C=O) groups excluding carboxylic acids is 1. The molecule has 5 heteroatoms. The lowest BCUT2D eigenvalue weighted by molar-refractivity contribution is -0.124. The first-order valence-corrected chi connectivity index (χ1v) is 6.85. The van der Waals surface area contributed by atoms with Crippen LogP contribution in [-0.4, -0.2) is 52.0 Å². The average Bonchev–Trinajstić information content (AvgIpc) is 2.42. The average molecular weight is 258 g/mol. The van der Waals surface area contributed by atoms with Crippen molar-refractivity contribution in [3.8, 4) is 0 Å². The Morgan fingerprint density at radius 2 is 2.22 bits per heavy atom. The van der Waals surface area contributed by atoms with E-state index in [-0.39, 0.29) is 11.9 Å². The predicted molar refractivity (Wildman–Crippen MR) is 70.5 cm³/mol. The number of rotatable bonds is 8. The molecule has 5 nitrogen and oxygen atoms in total. The Balaban J connectivity index is 2.08. The molecule has 1 fully saturated rings. The van der Waals surface area contributed by atoms with E-state index in [1.807, 2.05) is 0 Å². The summed E-state index contributed by atoms with van der Waals surface area (Å²) in [5, 5.41) is 6.18. The maximum Gasteiger partial charge on any atom is 0.237 e. The Hall–Kier alpha value is -0.650. The van der Waals surface area contributed by atoms with Gasteiger partial charge in [-0.05, 0) is 25.3 Å². The summed E-state index contributed by atoms with van der Waals surface area (Å²) in [4.78, 5) is 11.9. The minimum Gasteiger partial charge on any atom is -0.382 e. The van der Waals surface area contributed by atoms with Crippen molar-refractivity contribution < 1.29 is 14.3 Å². The van der Waals surface area contributed by atoms with Gasteiger partial charge in [-0.3, -0.25) is 4.79 Å². The standard InChI is InChI=1S/C13H26N2O3/c1-3-11-4-5-14-12(10-11)13(16)15-6-7-18-9-8-17-2/h11-12,14H,3-10H2,1-2H3,(H,15,16). The van der Waals surface area contributed by atoms with Gasteiger partial charge in [-0.25, -0.2) is 0 Å². The molecule has 1 saturated heterocycles. The highest BCUT2D eigenvalue weighted by atomic mass is 16.5. The van der Waals surface area contributed by atoms with Crippen molar-refractivity contribution in [2.24, 2.45) is 5.92 Å². The molecule has 2 N–H and O–H groups in total. The lowest BCUT2D eigenvalue weighted by atomic mass is 9.90. The summed E-state index contributed by atoms with van der Waals surface area (Å²) in [6, 6.07) is -0.0253. The molecule has 2 unspecified atom stereocenters. The van der Waals surface area contributed by atoms with Crippen LogP contribution in [-0.2, 0) is 14.3 Å². The Bertz CT molecular complexity index is 236. The second kappa shape index (κ2) is 9.30. The summed E-state index contributed by atoms with van der Waals surface area (Å²) in [6.45, 7) is 5.41. The third-order valence-electron chi connectivity index (χ3n) is 3.38. The van der Waals surface area contributed by atoms with Gasteiger partial charge in [0.2, 0.25) is 5.91 Å². The third-order valence-corrected chi connectivity index (χ3v) is 3.38. The first-order valence-electron chi connectivity index (χ1n) is 6.85. The van der Waals surface area contributed by atoms with Crippen molar-refractivity contribution in [3.05, 3.63) is 0 Å². The van der Waals surface area contributed by atoms with Gasteiger partial charge < -0.3 is 20.1 Å². The summed E-state index contributed by atoms with van der Waals surface area (Å²) in [5.74, 6) is 0.781. The summed E-state index contributed by atoms with van der Waals surface area (Å²) in [6.07, 6.45) is 3.29. The summed E-state index contributed by atoms with van der Waals surface area (Å²) in [5.41, 5.74) is 0. The van der Waals surface area contributed by atoms with Crippen LogP contribution in [0.1, 0.15) is 26.2 Å². The Morgan fingerprint density at radius 1 is 1.39 bits per heavy atom. The number of nitrogens with one attached hydrogen (secondary N) is 2. The molecule has 0 bridgehead atoms. The highest BCUT2D eigenvalue weighted by Gasteiger charge is 2.25. The molecule has 0 aromatic carbocycles. The smallest absolute Gasteiger partial charge is 0.237 e. The Morgan fingerprint density at radius 3 is 2.94 bits per heavy atom. The van der Waals surface area contributed by atoms with Crippen LogP contribution in [0.25, 0.3) is 0 Å². The lowest BCUT2D eigenvalue weighted by Gasteiger charge is -2.28. The molecule has 0 radical (unpaired) electrons. The van der Waals surface area contributed by atoms with Gasteiger partial charge in [0.15, 0.2) is 0 Å². The maximum atomic E-state index is 11.9. The zero-order valence-corrected chi connectivity index (χ0v) is 11.5. The molecule has 1 aliphatic heterocycles. The fourth-order valence-electron chi connectivity index (χ4n) is 2.18. The number of hydrogen-bond donors (Lipinski definition) is 2. The fourth-order valence-corrected chi connectivity index (χ4v) is 2.18. The quantitative estimate of drug-likeness (QED) is 0.624. The van der Waals surface area contributed by atoms with E-state index in [2.05, 4.69) is 17.6 Å². The van der Waals surface area contributed by atoms with E-state index >= 15 is 0 Å².